The standard InChI is InChI=1S/C17H24N2O3S/c1-11(2)15-17(21)18-8-3-9-22-13-6-4-12(5-7-13)10-14(23)16(20)19-15/h4-7,11,14-15,23H,3,8-10H2,1-2H3,(H,18,21)(H,19,20). The van der Waals surface area contributed by atoms with E-state index in [1.54, 1.807) is 0 Å². The molecule has 0 fully saturated rings. The fraction of sp³-hybridized carbons (Fsp3) is 0.529. The van der Waals surface area contributed by atoms with Gasteiger partial charge in [-0.3, -0.25) is 9.59 Å². The molecule has 2 atom stereocenters. The number of rotatable bonds is 1. The van der Waals surface area contributed by atoms with Crippen LogP contribution >= 0.6 is 12.6 Å². The van der Waals surface area contributed by atoms with Crippen molar-refractivity contribution in [2.45, 2.75) is 38.0 Å². The molecule has 3 rings (SSSR count). The Balaban J connectivity index is 2.15. The second-order valence-corrected chi connectivity index (χ2v) is 6.71. The zero-order valence-electron chi connectivity index (χ0n) is 13.5. The highest BCUT2D eigenvalue weighted by molar-refractivity contribution is 7.81. The molecule has 6 heteroatoms. The average Bonchev–Trinajstić information content (AvgIpc) is 2.52. The molecule has 0 saturated heterocycles. The van der Waals surface area contributed by atoms with Crippen molar-refractivity contribution >= 4 is 24.4 Å². The summed E-state index contributed by atoms with van der Waals surface area (Å²) in [5.41, 5.74) is 1.01. The van der Waals surface area contributed by atoms with Crippen LogP contribution in [-0.2, 0) is 16.0 Å². The second kappa shape index (κ2) is 8.24. The van der Waals surface area contributed by atoms with Gasteiger partial charge < -0.3 is 15.4 Å². The first-order chi connectivity index (χ1) is 11.0. The smallest absolute Gasteiger partial charge is 0.242 e. The predicted octanol–water partition coefficient (Wildman–Crippen LogP) is 1.57. The van der Waals surface area contributed by atoms with E-state index < -0.39 is 11.3 Å². The van der Waals surface area contributed by atoms with Gasteiger partial charge in [-0.25, -0.2) is 0 Å². The van der Waals surface area contributed by atoms with E-state index in [-0.39, 0.29) is 17.7 Å². The van der Waals surface area contributed by atoms with Gasteiger partial charge in [0.25, 0.3) is 0 Å². The Kier molecular flexibility index (Phi) is 6.33. The zero-order valence-corrected chi connectivity index (χ0v) is 14.4. The molecule has 5 nitrogen and oxygen atoms in total. The SMILES string of the molecule is CC(C)C1NC(=O)C(S)Cc2ccc(cc2)OCCCNC1=O. The third kappa shape index (κ3) is 5.16. The highest BCUT2D eigenvalue weighted by atomic mass is 32.1. The molecule has 2 amide bonds. The van der Waals surface area contributed by atoms with Crippen molar-refractivity contribution in [1.82, 2.24) is 10.6 Å². The number of amides is 2. The van der Waals surface area contributed by atoms with E-state index >= 15 is 0 Å². The Morgan fingerprint density at radius 3 is 2.52 bits per heavy atom. The van der Waals surface area contributed by atoms with E-state index in [0.29, 0.717) is 26.0 Å². The number of carbonyl (C=O) groups is 2. The molecule has 2 bridgehead atoms. The van der Waals surface area contributed by atoms with Crippen molar-refractivity contribution in [3.05, 3.63) is 29.8 Å². The lowest BCUT2D eigenvalue weighted by Crippen LogP contribution is -2.52. The summed E-state index contributed by atoms with van der Waals surface area (Å²) in [7, 11) is 0. The van der Waals surface area contributed by atoms with Gasteiger partial charge in [0.05, 0.1) is 11.9 Å². The van der Waals surface area contributed by atoms with Gasteiger partial charge in [-0.15, -0.1) is 0 Å². The summed E-state index contributed by atoms with van der Waals surface area (Å²) in [6.45, 7) is 4.87. The van der Waals surface area contributed by atoms with E-state index in [2.05, 4.69) is 23.3 Å². The number of fused-ring (bicyclic) bond motifs is 12. The minimum absolute atomic E-state index is 0.00489. The lowest BCUT2D eigenvalue weighted by atomic mass is 10.0. The summed E-state index contributed by atoms with van der Waals surface area (Å²) < 4.78 is 5.64. The highest BCUT2D eigenvalue weighted by Gasteiger charge is 2.26. The predicted molar refractivity (Wildman–Crippen MR) is 92.8 cm³/mol. The first kappa shape index (κ1) is 17.7. The number of thiol groups is 1. The minimum atomic E-state index is -0.551. The molecule has 0 aliphatic carbocycles. The summed E-state index contributed by atoms with van der Waals surface area (Å²) in [4.78, 5) is 24.6. The topological polar surface area (TPSA) is 67.4 Å². The third-order valence-corrected chi connectivity index (χ3v) is 4.21. The Labute approximate surface area is 142 Å². The molecule has 1 aromatic carbocycles. The van der Waals surface area contributed by atoms with E-state index in [4.69, 9.17) is 4.74 Å². The van der Waals surface area contributed by atoms with E-state index in [0.717, 1.165) is 11.3 Å². The first-order valence-corrected chi connectivity index (χ1v) is 8.47. The van der Waals surface area contributed by atoms with Crippen LogP contribution in [-0.4, -0.2) is 36.3 Å². The molecular weight excluding hydrogens is 312 g/mol. The fourth-order valence-electron chi connectivity index (χ4n) is 2.41. The van der Waals surface area contributed by atoms with Crippen LogP contribution < -0.4 is 15.4 Å². The molecule has 0 saturated carbocycles. The Morgan fingerprint density at radius 2 is 1.87 bits per heavy atom. The molecule has 0 aromatic heterocycles. The fourth-order valence-corrected chi connectivity index (χ4v) is 2.69. The van der Waals surface area contributed by atoms with Crippen LogP contribution in [0.4, 0.5) is 0 Å². The van der Waals surface area contributed by atoms with Crippen LogP contribution in [0.5, 0.6) is 5.75 Å². The van der Waals surface area contributed by atoms with Gasteiger partial charge in [-0.2, -0.15) is 12.6 Å². The van der Waals surface area contributed by atoms with Gasteiger partial charge in [0.1, 0.15) is 11.8 Å². The van der Waals surface area contributed by atoms with Crippen LogP contribution in [0.1, 0.15) is 25.8 Å². The van der Waals surface area contributed by atoms with Gasteiger partial charge in [-0.05, 0) is 36.5 Å². The summed E-state index contributed by atoms with van der Waals surface area (Å²) >= 11 is 4.39. The Bertz CT molecular complexity index is 545. The molecule has 23 heavy (non-hydrogen) atoms. The summed E-state index contributed by atoms with van der Waals surface area (Å²) in [5.74, 6) is 0.404. The zero-order chi connectivity index (χ0) is 16.8. The first-order valence-electron chi connectivity index (χ1n) is 7.95. The van der Waals surface area contributed by atoms with Crippen molar-refractivity contribution in [3.8, 4) is 5.75 Å². The van der Waals surface area contributed by atoms with Gasteiger partial charge in [0.2, 0.25) is 11.8 Å². The lowest BCUT2D eigenvalue weighted by Gasteiger charge is -2.23. The van der Waals surface area contributed by atoms with Crippen LogP contribution in [0.25, 0.3) is 0 Å². The average molecular weight is 336 g/mol. The number of carbonyl (C=O) groups excluding carboxylic acids is 2. The number of hydrogen-bond acceptors (Lipinski definition) is 4. The van der Waals surface area contributed by atoms with Gasteiger partial charge in [-0.1, -0.05) is 26.0 Å². The van der Waals surface area contributed by atoms with E-state index in [1.807, 2.05) is 38.1 Å². The van der Waals surface area contributed by atoms with Crippen molar-refractivity contribution in [2.24, 2.45) is 5.92 Å². The molecule has 2 aliphatic heterocycles. The third-order valence-electron chi connectivity index (χ3n) is 3.79. The largest absolute Gasteiger partial charge is 0.494 e. The van der Waals surface area contributed by atoms with E-state index in [1.165, 1.54) is 0 Å². The normalized spacial score (nSPS) is 23.5. The molecule has 2 N–H and O–H groups in total. The highest BCUT2D eigenvalue weighted by Crippen LogP contribution is 2.16. The van der Waals surface area contributed by atoms with Gasteiger partial charge in [0, 0.05) is 6.54 Å². The molecule has 1 aromatic rings. The molecule has 0 radical (unpaired) electrons. The maximum atomic E-state index is 12.3. The minimum Gasteiger partial charge on any atom is -0.494 e. The van der Waals surface area contributed by atoms with Gasteiger partial charge in [0.15, 0.2) is 0 Å². The molecule has 2 aliphatic rings. The molecule has 0 spiro atoms. The maximum absolute atomic E-state index is 12.3. The Hall–Kier alpha value is -1.69. The van der Waals surface area contributed by atoms with Crippen molar-refractivity contribution < 1.29 is 14.3 Å². The van der Waals surface area contributed by atoms with Crippen LogP contribution in [0.15, 0.2) is 24.3 Å². The molecule has 2 heterocycles. The molecule has 126 valence electrons. The van der Waals surface area contributed by atoms with Crippen molar-refractivity contribution in [3.63, 3.8) is 0 Å². The maximum Gasteiger partial charge on any atom is 0.242 e. The van der Waals surface area contributed by atoms with Crippen molar-refractivity contribution in [1.29, 1.82) is 0 Å². The Morgan fingerprint density at radius 1 is 1.17 bits per heavy atom. The van der Waals surface area contributed by atoms with Crippen LogP contribution in [0.2, 0.25) is 0 Å². The molecule has 2 unspecified atom stereocenters. The monoisotopic (exact) mass is 336 g/mol. The summed E-state index contributed by atoms with van der Waals surface area (Å²) in [5, 5.41) is 5.17. The van der Waals surface area contributed by atoms with E-state index in [9.17, 15) is 9.59 Å². The summed E-state index contributed by atoms with van der Waals surface area (Å²) in [6, 6.07) is 7.11. The second-order valence-electron chi connectivity index (χ2n) is 6.09. The summed E-state index contributed by atoms with van der Waals surface area (Å²) in [6.07, 6.45) is 1.21. The number of benzene rings is 1. The quantitative estimate of drug-likeness (QED) is 0.682. The van der Waals surface area contributed by atoms with Crippen LogP contribution in [0.3, 0.4) is 0 Å². The number of nitrogens with one attached hydrogen (secondary N) is 2. The van der Waals surface area contributed by atoms with Crippen molar-refractivity contribution in [2.75, 3.05) is 13.2 Å². The lowest BCUT2D eigenvalue weighted by molar-refractivity contribution is -0.129. The molecular formula is C17H24N2O3S. The van der Waals surface area contributed by atoms with Crippen LogP contribution in [0, 0.1) is 5.92 Å². The number of ether oxygens (including phenoxy) is 1. The number of hydrogen-bond donors (Lipinski definition) is 3. The van der Waals surface area contributed by atoms with Gasteiger partial charge >= 0.3 is 0 Å².